The van der Waals surface area contributed by atoms with E-state index in [1.165, 1.54) is 5.69 Å². The highest BCUT2D eigenvalue weighted by atomic mass is 16.5. The Morgan fingerprint density at radius 2 is 1.71 bits per heavy atom. The van der Waals surface area contributed by atoms with Crippen LogP contribution < -0.4 is 15.4 Å². The topological polar surface area (TPSA) is 41.7 Å². The molecule has 2 aromatic carbocycles. The van der Waals surface area contributed by atoms with Gasteiger partial charge in [-0.2, -0.15) is 0 Å². The van der Waals surface area contributed by atoms with Gasteiger partial charge in [0, 0.05) is 38.4 Å². The van der Waals surface area contributed by atoms with Gasteiger partial charge in [-0.3, -0.25) is 4.90 Å². The van der Waals surface area contributed by atoms with Crippen LogP contribution in [0, 0.1) is 6.92 Å². The summed E-state index contributed by atoms with van der Waals surface area (Å²) in [5, 5.41) is 0. The number of nitrogen functional groups attached to an aromatic ring is 1. The minimum absolute atomic E-state index is 0.715. The molecule has 0 aromatic heterocycles. The van der Waals surface area contributed by atoms with Crippen molar-refractivity contribution in [2.45, 2.75) is 13.3 Å². The summed E-state index contributed by atoms with van der Waals surface area (Å²) >= 11 is 0. The first kappa shape index (κ1) is 16.7. The van der Waals surface area contributed by atoms with E-state index in [2.05, 4.69) is 40.1 Å². The van der Waals surface area contributed by atoms with Crippen LogP contribution in [0.4, 0.5) is 11.4 Å². The molecule has 0 amide bonds. The molecule has 1 aliphatic rings. The number of benzene rings is 2. The maximum atomic E-state index is 6.04. The summed E-state index contributed by atoms with van der Waals surface area (Å²) in [6, 6.07) is 16.6. The van der Waals surface area contributed by atoms with Crippen molar-refractivity contribution in [2.24, 2.45) is 0 Å². The molecule has 0 aliphatic carbocycles. The van der Waals surface area contributed by atoms with Crippen molar-refractivity contribution in [1.29, 1.82) is 0 Å². The highest BCUT2D eigenvalue weighted by molar-refractivity contribution is 5.57. The Balaban J connectivity index is 1.37. The molecule has 0 spiro atoms. The Hall–Kier alpha value is -2.20. The zero-order chi connectivity index (χ0) is 16.8. The predicted molar refractivity (Wildman–Crippen MR) is 101 cm³/mol. The number of hydrogen-bond acceptors (Lipinski definition) is 4. The molecule has 2 aromatic rings. The molecule has 2 N–H and O–H groups in total. The van der Waals surface area contributed by atoms with Crippen LogP contribution in [0.5, 0.6) is 5.75 Å². The number of aryl methyl sites for hydroxylation is 1. The average molecular weight is 325 g/mol. The molecule has 1 aliphatic heterocycles. The molecule has 1 heterocycles. The van der Waals surface area contributed by atoms with Gasteiger partial charge in [0.05, 0.1) is 12.3 Å². The lowest BCUT2D eigenvalue weighted by Crippen LogP contribution is -2.46. The third kappa shape index (κ3) is 4.20. The van der Waals surface area contributed by atoms with Crippen LogP contribution in [0.1, 0.15) is 12.0 Å². The number of para-hydroxylation sites is 2. The highest BCUT2D eigenvalue weighted by Gasteiger charge is 2.16. The second-order valence-corrected chi connectivity index (χ2v) is 6.35. The normalized spacial score (nSPS) is 15.5. The molecule has 3 rings (SSSR count). The summed E-state index contributed by atoms with van der Waals surface area (Å²) in [7, 11) is 0. The van der Waals surface area contributed by atoms with E-state index in [0.29, 0.717) is 6.61 Å². The second kappa shape index (κ2) is 8.06. The van der Waals surface area contributed by atoms with Gasteiger partial charge in [0.2, 0.25) is 0 Å². The number of rotatable bonds is 6. The van der Waals surface area contributed by atoms with Crippen molar-refractivity contribution >= 4 is 11.4 Å². The Bertz CT molecular complexity index is 637. The Morgan fingerprint density at radius 3 is 2.46 bits per heavy atom. The third-order valence-electron chi connectivity index (χ3n) is 4.65. The second-order valence-electron chi connectivity index (χ2n) is 6.35. The van der Waals surface area contributed by atoms with Gasteiger partial charge < -0.3 is 15.4 Å². The van der Waals surface area contributed by atoms with E-state index < -0.39 is 0 Å². The van der Waals surface area contributed by atoms with Gasteiger partial charge >= 0.3 is 0 Å². The standard InChI is InChI=1S/C20H27N3O/c1-17-7-5-10-19(20(17)21)24-16-6-11-22-12-14-23(15-13-22)18-8-3-2-4-9-18/h2-5,7-10H,6,11-16,21H2,1H3. The zero-order valence-electron chi connectivity index (χ0n) is 14.4. The smallest absolute Gasteiger partial charge is 0.142 e. The monoisotopic (exact) mass is 325 g/mol. The van der Waals surface area contributed by atoms with Crippen LogP contribution in [-0.2, 0) is 0 Å². The van der Waals surface area contributed by atoms with Crippen molar-refractivity contribution in [3.8, 4) is 5.75 Å². The van der Waals surface area contributed by atoms with Gasteiger partial charge in [-0.25, -0.2) is 0 Å². The van der Waals surface area contributed by atoms with Gasteiger partial charge in [-0.1, -0.05) is 30.3 Å². The molecular formula is C20H27N3O. The first-order chi connectivity index (χ1) is 11.7. The fourth-order valence-electron chi connectivity index (χ4n) is 3.12. The molecule has 1 fully saturated rings. The largest absolute Gasteiger partial charge is 0.491 e. The van der Waals surface area contributed by atoms with E-state index in [0.717, 1.165) is 56.1 Å². The van der Waals surface area contributed by atoms with Gasteiger partial charge in [0.1, 0.15) is 5.75 Å². The van der Waals surface area contributed by atoms with Crippen LogP contribution in [0.2, 0.25) is 0 Å². The average Bonchev–Trinajstić information content (AvgIpc) is 2.63. The van der Waals surface area contributed by atoms with E-state index in [1.807, 2.05) is 25.1 Å². The van der Waals surface area contributed by atoms with Gasteiger partial charge in [-0.15, -0.1) is 0 Å². The Labute approximate surface area is 144 Å². The van der Waals surface area contributed by atoms with Gasteiger partial charge in [-0.05, 0) is 37.1 Å². The van der Waals surface area contributed by atoms with E-state index in [-0.39, 0.29) is 0 Å². The minimum atomic E-state index is 0.715. The summed E-state index contributed by atoms with van der Waals surface area (Å²) in [5.74, 6) is 0.809. The van der Waals surface area contributed by atoms with Crippen LogP contribution in [-0.4, -0.2) is 44.2 Å². The van der Waals surface area contributed by atoms with Crippen molar-refractivity contribution < 1.29 is 4.74 Å². The van der Waals surface area contributed by atoms with Crippen LogP contribution in [0.25, 0.3) is 0 Å². The summed E-state index contributed by atoms with van der Waals surface area (Å²) in [5.41, 5.74) is 9.20. The number of anilines is 2. The van der Waals surface area contributed by atoms with Crippen LogP contribution in [0.15, 0.2) is 48.5 Å². The fraction of sp³-hybridized carbons (Fsp3) is 0.400. The molecule has 128 valence electrons. The first-order valence-corrected chi connectivity index (χ1v) is 8.74. The molecule has 0 atom stereocenters. The van der Waals surface area contributed by atoms with Crippen LogP contribution >= 0.6 is 0 Å². The molecule has 0 unspecified atom stereocenters. The van der Waals surface area contributed by atoms with E-state index in [1.54, 1.807) is 0 Å². The third-order valence-corrected chi connectivity index (χ3v) is 4.65. The molecule has 24 heavy (non-hydrogen) atoms. The molecular weight excluding hydrogens is 298 g/mol. The quantitative estimate of drug-likeness (QED) is 0.654. The molecule has 4 heteroatoms. The molecule has 0 radical (unpaired) electrons. The lowest BCUT2D eigenvalue weighted by Gasteiger charge is -2.36. The fourth-order valence-corrected chi connectivity index (χ4v) is 3.12. The Kier molecular flexibility index (Phi) is 5.59. The van der Waals surface area contributed by atoms with Crippen molar-refractivity contribution in [1.82, 2.24) is 4.90 Å². The molecule has 0 bridgehead atoms. The number of nitrogens with two attached hydrogens (primary N) is 1. The molecule has 0 saturated carbocycles. The molecule has 4 nitrogen and oxygen atoms in total. The lowest BCUT2D eigenvalue weighted by molar-refractivity contribution is 0.225. The van der Waals surface area contributed by atoms with Crippen molar-refractivity contribution in [3.05, 3.63) is 54.1 Å². The number of hydrogen-bond donors (Lipinski definition) is 1. The summed E-state index contributed by atoms with van der Waals surface area (Å²) < 4.78 is 5.84. The first-order valence-electron chi connectivity index (χ1n) is 8.74. The predicted octanol–water partition coefficient (Wildman–Crippen LogP) is 3.17. The Morgan fingerprint density at radius 1 is 0.958 bits per heavy atom. The van der Waals surface area contributed by atoms with E-state index >= 15 is 0 Å². The SMILES string of the molecule is Cc1cccc(OCCCN2CCN(c3ccccc3)CC2)c1N. The number of nitrogens with zero attached hydrogens (tertiary/aromatic N) is 2. The molecule has 1 saturated heterocycles. The summed E-state index contributed by atoms with van der Waals surface area (Å²) in [6.07, 6.45) is 1.03. The van der Waals surface area contributed by atoms with E-state index in [9.17, 15) is 0 Å². The van der Waals surface area contributed by atoms with E-state index in [4.69, 9.17) is 10.5 Å². The lowest BCUT2D eigenvalue weighted by atomic mass is 10.2. The van der Waals surface area contributed by atoms with Crippen LogP contribution in [0.3, 0.4) is 0 Å². The zero-order valence-corrected chi connectivity index (χ0v) is 14.4. The minimum Gasteiger partial charge on any atom is -0.491 e. The number of ether oxygens (including phenoxy) is 1. The van der Waals surface area contributed by atoms with Crippen molar-refractivity contribution in [2.75, 3.05) is 50.0 Å². The summed E-state index contributed by atoms with van der Waals surface area (Å²) in [4.78, 5) is 4.98. The summed E-state index contributed by atoms with van der Waals surface area (Å²) in [6.45, 7) is 8.21. The van der Waals surface area contributed by atoms with Gasteiger partial charge in [0.15, 0.2) is 0 Å². The van der Waals surface area contributed by atoms with Gasteiger partial charge in [0.25, 0.3) is 0 Å². The maximum absolute atomic E-state index is 6.04. The van der Waals surface area contributed by atoms with Crippen molar-refractivity contribution in [3.63, 3.8) is 0 Å². The maximum Gasteiger partial charge on any atom is 0.142 e. The highest BCUT2D eigenvalue weighted by Crippen LogP contribution is 2.24. The number of piperazine rings is 1.